The van der Waals surface area contributed by atoms with Crippen molar-refractivity contribution in [1.82, 2.24) is 24.8 Å². The van der Waals surface area contributed by atoms with E-state index in [9.17, 15) is 4.39 Å². The molecule has 1 fully saturated rings. The molecular weight excluding hydrogens is 426 g/mol. The van der Waals surface area contributed by atoms with Crippen molar-refractivity contribution in [2.75, 3.05) is 33.2 Å². The molecule has 1 aromatic carbocycles. The number of benzene rings is 1. The smallest absolute Gasteiger partial charge is 0.225 e. The molecule has 1 aliphatic heterocycles. The summed E-state index contributed by atoms with van der Waals surface area (Å²) >= 11 is 0. The molecule has 3 heterocycles. The number of nitrogens with one attached hydrogen (secondary N) is 1. The lowest BCUT2D eigenvalue weighted by Crippen LogP contribution is -2.45. The van der Waals surface area contributed by atoms with Crippen molar-refractivity contribution in [3.63, 3.8) is 0 Å². The van der Waals surface area contributed by atoms with Gasteiger partial charge in [-0.2, -0.15) is 0 Å². The Kier molecular flexibility index (Phi) is 6.44. The Balaban J connectivity index is 1.66. The molecule has 1 saturated heterocycles. The fourth-order valence-electron chi connectivity index (χ4n) is 4.11. The van der Waals surface area contributed by atoms with E-state index in [0.29, 0.717) is 17.0 Å². The first kappa shape index (κ1) is 22.9. The molecule has 0 bridgehead atoms. The number of nitrogens with two attached hydrogens (primary N) is 1. The van der Waals surface area contributed by atoms with Crippen LogP contribution in [0.4, 0.5) is 8.78 Å². The Morgan fingerprint density at radius 1 is 1.21 bits per heavy atom. The summed E-state index contributed by atoms with van der Waals surface area (Å²) in [7, 11) is 2.08. The van der Waals surface area contributed by atoms with Crippen molar-refractivity contribution in [3.8, 4) is 11.6 Å². The van der Waals surface area contributed by atoms with Gasteiger partial charge in [0.1, 0.15) is 6.33 Å². The number of H-pyrrole nitrogens is 1. The van der Waals surface area contributed by atoms with Gasteiger partial charge in [0.15, 0.2) is 17.4 Å². The number of likely N-dealkylation sites (N-methyl/N-ethyl adjacent to an activating group) is 1. The highest BCUT2D eigenvalue weighted by atomic mass is 19.1. The maximum absolute atomic E-state index is 15.0. The molecule has 0 amide bonds. The maximum Gasteiger partial charge on any atom is 0.225 e. The highest BCUT2D eigenvalue weighted by molar-refractivity contribution is 5.83. The van der Waals surface area contributed by atoms with Crippen LogP contribution in [0.1, 0.15) is 23.0 Å². The van der Waals surface area contributed by atoms with Crippen molar-refractivity contribution in [3.05, 3.63) is 71.5 Å². The van der Waals surface area contributed by atoms with Gasteiger partial charge in [-0.15, -0.1) is 0 Å². The number of piperazine rings is 1. The maximum atomic E-state index is 15.0. The zero-order chi connectivity index (χ0) is 23.7. The molecule has 3 aromatic rings. The van der Waals surface area contributed by atoms with Crippen LogP contribution >= 0.6 is 0 Å². The molecule has 0 saturated carbocycles. The standard InChI is InChI=1S/C24H28F2N6O/c1-5-6-18(32-9-7-31(4)8-10-32)21(27)22-15(3)24(29-13-28-22)33-19-12-17(25)23-16(20(19)26)11-14(2)30-23/h5-6,11-13,21,30H,1,7-10,27H2,2-4H3/b18-6+. The van der Waals surface area contributed by atoms with Gasteiger partial charge in [-0.25, -0.2) is 18.7 Å². The summed E-state index contributed by atoms with van der Waals surface area (Å²) in [6.45, 7) is 10.8. The molecule has 0 spiro atoms. The van der Waals surface area contributed by atoms with Crippen molar-refractivity contribution >= 4 is 10.9 Å². The first-order valence-electron chi connectivity index (χ1n) is 10.8. The third kappa shape index (κ3) is 4.46. The predicted octanol–water partition coefficient (Wildman–Crippen LogP) is 3.96. The Bertz CT molecular complexity index is 1210. The van der Waals surface area contributed by atoms with Gasteiger partial charge in [0.2, 0.25) is 5.88 Å². The third-order valence-electron chi connectivity index (χ3n) is 5.96. The van der Waals surface area contributed by atoms with Gasteiger partial charge in [0.25, 0.3) is 0 Å². The van der Waals surface area contributed by atoms with E-state index in [1.54, 1.807) is 19.9 Å². The van der Waals surface area contributed by atoms with Gasteiger partial charge in [-0.05, 0) is 33.0 Å². The molecule has 1 unspecified atom stereocenters. The van der Waals surface area contributed by atoms with Crippen LogP contribution < -0.4 is 10.5 Å². The lowest BCUT2D eigenvalue weighted by Gasteiger charge is -2.37. The Hall–Kier alpha value is -3.30. The van der Waals surface area contributed by atoms with Crippen molar-refractivity contribution in [2.45, 2.75) is 19.9 Å². The Morgan fingerprint density at radius 2 is 1.94 bits per heavy atom. The number of aromatic amines is 1. The second-order valence-corrected chi connectivity index (χ2v) is 8.30. The highest BCUT2D eigenvalue weighted by Crippen LogP contribution is 2.34. The van der Waals surface area contributed by atoms with Crippen LogP contribution in [0, 0.1) is 25.5 Å². The Labute approximate surface area is 191 Å². The number of nitrogens with zero attached hydrogens (tertiary/aromatic N) is 4. The summed E-state index contributed by atoms with van der Waals surface area (Å²) in [5.41, 5.74) is 9.37. The molecule has 1 atom stereocenters. The van der Waals surface area contributed by atoms with Crippen LogP contribution in [0.5, 0.6) is 11.6 Å². The van der Waals surface area contributed by atoms with Crippen LogP contribution in [-0.2, 0) is 0 Å². The van der Waals surface area contributed by atoms with E-state index >= 15 is 4.39 Å². The molecule has 33 heavy (non-hydrogen) atoms. The fourth-order valence-corrected chi connectivity index (χ4v) is 4.11. The second-order valence-electron chi connectivity index (χ2n) is 8.30. The van der Waals surface area contributed by atoms with Crippen LogP contribution in [0.3, 0.4) is 0 Å². The quantitative estimate of drug-likeness (QED) is 0.549. The van der Waals surface area contributed by atoms with Crippen LogP contribution in [-0.4, -0.2) is 58.0 Å². The van der Waals surface area contributed by atoms with Gasteiger partial charge in [0, 0.05) is 54.6 Å². The predicted molar refractivity (Wildman–Crippen MR) is 124 cm³/mol. The molecule has 1 aliphatic rings. The van der Waals surface area contributed by atoms with E-state index in [-0.39, 0.29) is 22.5 Å². The fraction of sp³-hybridized carbons (Fsp3) is 0.333. The first-order chi connectivity index (χ1) is 15.8. The van der Waals surface area contributed by atoms with Crippen LogP contribution in [0.15, 0.2) is 42.9 Å². The number of hydrogen-bond acceptors (Lipinski definition) is 6. The van der Waals surface area contributed by atoms with Gasteiger partial charge in [-0.3, -0.25) is 0 Å². The zero-order valence-corrected chi connectivity index (χ0v) is 19.0. The van der Waals surface area contributed by atoms with E-state index in [2.05, 4.69) is 38.4 Å². The molecule has 0 radical (unpaired) electrons. The summed E-state index contributed by atoms with van der Waals surface area (Å²) in [6, 6.07) is 1.99. The average Bonchev–Trinajstić information content (AvgIpc) is 3.20. The zero-order valence-electron chi connectivity index (χ0n) is 19.0. The number of hydrogen-bond donors (Lipinski definition) is 2. The van der Waals surface area contributed by atoms with Gasteiger partial charge in [-0.1, -0.05) is 12.7 Å². The molecule has 2 aromatic heterocycles. The lowest BCUT2D eigenvalue weighted by molar-refractivity contribution is 0.179. The number of aryl methyl sites for hydroxylation is 1. The van der Waals surface area contributed by atoms with Crippen LogP contribution in [0.2, 0.25) is 0 Å². The summed E-state index contributed by atoms with van der Waals surface area (Å²) in [6.07, 6.45) is 4.91. The van der Waals surface area contributed by atoms with Crippen molar-refractivity contribution < 1.29 is 13.5 Å². The molecule has 7 nitrogen and oxygen atoms in total. The topological polar surface area (TPSA) is 83.3 Å². The Morgan fingerprint density at radius 3 is 2.64 bits per heavy atom. The van der Waals surface area contributed by atoms with Crippen LogP contribution in [0.25, 0.3) is 10.9 Å². The molecule has 174 valence electrons. The minimum absolute atomic E-state index is 0.103. The van der Waals surface area contributed by atoms with E-state index < -0.39 is 17.7 Å². The first-order valence-corrected chi connectivity index (χ1v) is 10.8. The molecule has 0 aliphatic carbocycles. The molecule has 3 N–H and O–H groups in total. The molecule has 4 rings (SSSR count). The average molecular weight is 455 g/mol. The number of halogens is 2. The summed E-state index contributed by atoms with van der Waals surface area (Å²) in [5.74, 6) is -1.40. The number of ether oxygens (including phenoxy) is 1. The van der Waals surface area contributed by atoms with E-state index in [0.717, 1.165) is 37.9 Å². The SMILES string of the molecule is C=C/C=C(\C(N)c1ncnc(Oc2cc(F)c3[nH]c(C)cc3c2F)c1C)N1CCN(C)CC1. The number of allylic oxidation sites excluding steroid dienone is 2. The van der Waals surface area contributed by atoms with Crippen molar-refractivity contribution in [2.24, 2.45) is 5.73 Å². The third-order valence-corrected chi connectivity index (χ3v) is 5.96. The van der Waals surface area contributed by atoms with E-state index in [1.165, 1.54) is 12.4 Å². The lowest BCUT2D eigenvalue weighted by atomic mass is 10.0. The van der Waals surface area contributed by atoms with Gasteiger partial charge in [0.05, 0.1) is 17.3 Å². The monoisotopic (exact) mass is 454 g/mol. The minimum Gasteiger partial charge on any atom is -0.435 e. The largest absolute Gasteiger partial charge is 0.435 e. The molecular formula is C24H28F2N6O. The molecule has 9 heteroatoms. The minimum atomic E-state index is -0.663. The number of rotatable bonds is 6. The van der Waals surface area contributed by atoms with E-state index in [1.807, 2.05) is 6.08 Å². The second kappa shape index (κ2) is 9.29. The normalized spacial score (nSPS) is 16.3. The summed E-state index contributed by atoms with van der Waals surface area (Å²) in [4.78, 5) is 15.8. The summed E-state index contributed by atoms with van der Waals surface area (Å²) < 4.78 is 35.3. The van der Waals surface area contributed by atoms with Gasteiger partial charge < -0.3 is 25.3 Å². The summed E-state index contributed by atoms with van der Waals surface area (Å²) in [5, 5.41) is 0.123. The van der Waals surface area contributed by atoms with E-state index in [4.69, 9.17) is 10.5 Å². The number of fused-ring (bicyclic) bond motifs is 1. The van der Waals surface area contributed by atoms with Gasteiger partial charge >= 0.3 is 0 Å². The number of aromatic nitrogens is 3. The van der Waals surface area contributed by atoms with Crippen molar-refractivity contribution in [1.29, 1.82) is 0 Å². The highest BCUT2D eigenvalue weighted by Gasteiger charge is 2.25.